The second-order valence-corrected chi connectivity index (χ2v) is 9.48. The van der Waals surface area contributed by atoms with E-state index in [9.17, 15) is 0 Å². The quantitative estimate of drug-likeness (QED) is 0.244. The molecule has 0 radical (unpaired) electrons. The Morgan fingerprint density at radius 1 is 0.581 bits per heavy atom. The lowest BCUT2D eigenvalue weighted by Crippen LogP contribution is -2.09. The monoisotopic (exact) mass is 479 g/mol. The fourth-order valence-corrected chi connectivity index (χ4v) is 6.12. The minimum absolute atomic E-state index is 1.13. The van der Waals surface area contributed by atoms with Crippen LogP contribution in [0.4, 0.5) is 17.1 Å². The lowest BCUT2D eigenvalue weighted by molar-refractivity contribution is 1.29. The summed E-state index contributed by atoms with van der Waals surface area (Å²) < 4.78 is 3.73. The van der Waals surface area contributed by atoms with Crippen molar-refractivity contribution in [3.63, 3.8) is 0 Å². The SMILES string of the molecule is Brc1cc(N(c2ccccc2)c2ccccc2)cc2c1sc1ccc3ccccc3c12. The summed E-state index contributed by atoms with van der Waals surface area (Å²) in [5, 5.41) is 5.21. The molecule has 0 aliphatic carbocycles. The van der Waals surface area contributed by atoms with Crippen molar-refractivity contribution >= 4 is 75.3 Å². The van der Waals surface area contributed by atoms with Gasteiger partial charge in [-0.05, 0) is 69.2 Å². The Balaban J connectivity index is 1.68. The number of hydrogen-bond acceptors (Lipinski definition) is 2. The smallest absolute Gasteiger partial charge is 0.0499 e. The van der Waals surface area contributed by atoms with Crippen molar-refractivity contribution in [2.45, 2.75) is 0 Å². The molecule has 1 nitrogen and oxygen atoms in total. The Bertz CT molecular complexity index is 1500. The highest BCUT2D eigenvalue weighted by atomic mass is 79.9. The predicted octanol–water partition coefficient (Wildman–Crippen LogP) is 9.44. The van der Waals surface area contributed by atoms with E-state index in [1.54, 1.807) is 0 Å². The zero-order valence-corrected chi connectivity index (χ0v) is 19.0. The number of halogens is 1. The van der Waals surface area contributed by atoms with E-state index < -0.39 is 0 Å². The molecule has 0 unspecified atom stereocenters. The number of nitrogens with zero attached hydrogens (tertiary/aromatic N) is 1. The summed E-state index contributed by atoms with van der Waals surface area (Å²) in [5.41, 5.74) is 3.43. The summed E-state index contributed by atoms with van der Waals surface area (Å²) >= 11 is 5.74. The molecule has 0 bridgehead atoms. The van der Waals surface area contributed by atoms with Gasteiger partial charge in [-0.3, -0.25) is 0 Å². The molecule has 0 aliphatic heterocycles. The minimum Gasteiger partial charge on any atom is -0.310 e. The second-order valence-electron chi connectivity index (χ2n) is 7.57. The van der Waals surface area contributed by atoms with E-state index >= 15 is 0 Å². The maximum absolute atomic E-state index is 3.89. The molecule has 0 saturated heterocycles. The van der Waals surface area contributed by atoms with Gasteiger partial charge in [-0.1, -0.05) is 66.7 Å². The van der Waals surface area contributed by atoms with Gasteiger partial charge in [-0.2, -0.15) is 0 Å². The highest BCUT2D eigenvalue weighted by molar-refractivity contribution is 9.10. The summed E-state index contributed by atoms with van der Waals surface area (Å²) in [6.07, 6.45) is 0. The van der Waals surface area contributed by atoms with E-state index in [1.165, 1.54) is 30.9 Å². The molecule has 6 rings (SSSR count). The highest BCUT2D eigenvalue weighted by Gasteiger charge is 2.17. The number of para-hydroxylation sites is 2. The molecule has 148 valence electrons. The van der Waals surface area contributed by atoms with Crippen LogP contribution in [0.5, 0.6) is 0 Å². The Morgan fingerprint density at radius 2 is 1.23 bits per heavy atom. The standard InChI is InChI=1S/C28H18BrNS/c29-25-18-22(30(20-10-3-1-4-11-20)21-12-5-2-6-13-21)17-24-27-23-14-8-7-9-19(23)15-16-26(27)31-28(24)25/h1-18H. The number of anilines is 3. The molecule has 0 N–H and O–H groups in total. The lowest BCUT2D eigenvalue weighted by atomic mass is 10.0. The molecule has 1 heterocycles. The van der Waals surface area contributed by atoms with Crippen LogP contribution in [0.15, 0.2) is 114 Å². The van der Waals surface area contributed by atoms with Gasteiger partial charge in [0, 0.05) is 41.7 Å². The summed E-state index contributed by atoms with van der Waals surface area (Å²) in [7, 11) is 0. The molecule has 0 atom stereocenters. The second kappa shape index (κ2) is 7.52. The highest BCUT2D eigenvalue weighted by Crippen LogP contribution is 2.45. The van der Waals surface area contributed by atoms with Gasteiger partial charge in [-0.15, -0.1) is 11.3 Å². The summed E-state index contributed by atoms with van der Waals surface area (Å²) in [6.45, 7) is 0. The van der Waals surface area contributed by atoms with Gasteiger partial charge in [0.25, 0.3) is 0 Å². The van der Waals surface area contributed by atoms with E-state index in [0.717, 1.165) is 21.5 Å². The average molecular weight is 480 g/mol. The molecule has 1 aromatic heterocycles. The first-order valence-electron chi connectivity index (χ1n) is 10.2. The first-order valence-corrected chi connectivity index (χ1v) is 11.8. The molecule has 0 aliphatic rings. The van der Waals surface area contributed by atoms with Crippen molar-refractivity contribution in [2.24, 2.45) is 0 Å². The zero-order valence-electron chi connectivity index (χ0n) is 16.6. The molecule has 0 fully saturated rings. The minimum atomic E-state index is 1.13. The number of thiophene rings is 1. The number of fused-ring (bicyclic) bond motifs is 5. The zero-order chi connectivity index (χ0) is 20.8. The molecular formula is C28H18BrNS. The third kappa shape index (κ3) is 3.13. The van der Waals surface area contributed by atoms with Gasteiger partial charge in [0.2, 0.25) is 0 Å². The fraction of sp³-hybridized carbons (Fsp3) is 0. The van der Waals surface area contributed by atoms with Crippen molar-refractivity contribution in [3.05, 3.63) is 114 Å². The maximum atomic E-state index is 3.89. The Labute approximate surface area is 193 Å². The normalized spacial score (nSPS) is 11.4. The molecule has 3 heteroatoms. The topological polar surface area (TPSA) is 3.24 Å². The largest absolute Gasteiger partial charge is 0.310 e. The molecule has 0 saturated carbocycles. The van der Waals surface area contributed by atoms with Gasteiger partial charge < -0.3 is 4.90 Å². The van der Waals surface area contributed by atoms with Gasteiger partial charge >= 0.3 is 0 Å². The molecule has 31 heavy (non-hydrogen) atoms. The van der Waals surface area contributed by atoms with Crippen LogP contribution in [0.3, 0.4) is 0 Å². The van der Waals surface area contributed by atoms with E-state index in [0.29, 0.717) is 0 Å². The van der Waals surface area contributed by atoms with Crippen LogP contribution in [0.1, 0.15) is 0 Å². The van der Waals surface area contributed by atoms with Crippen LogP contribution in [0, 0.1) is 0 Å². The molecule has 0 spiro atoms. The van der Waals surface area contributed by atoms with Crippen molar-refractivity contribution in [2.75, 3.05) is 4.90 Å². The van der Waals surface area contributed by atoms with E-state index in [1.807, 2.05) is 11.3 Å². The predicted molar refractivity (Wildman–Crippen MR) is 139 cm³/mol. The number of rotatable bonds is 3. The van der Waals surface area contributed by atoms with Crippen molar-refractivity contribution in [1.29, 1.82) is 0 Å². The van der Waals surface area contributed by atoms with Gasteiger partial charge in [0.1, 0.15) is 0 Å². The van der Waals surface area contributed by atoms with E-state index in [2.05, 4.69) is 130 Å². The molecule has 0 amide bonds. The van der Waals surface area contributed by atoms with Crippen LogP contribution in [0.25, 0.3) is 30.9 Å². The summed E-state index contributed by atoms with van der Waals surface area (Å²) in [6, 6.07) is 38.8. The Hall–Kier alpha value is -3.14. The van der Waals surface area contributed by atoms with Crippen LogP contribution < -0.4 is 4.90 Å². The van der Waals surface area contributed by atoms with Crippen LogP contribution >= 0.6 is 27.3 Å². The number of benzene rings is 5. The maximum Gasteiger partial charge on any atom is 0.0499 e. The summed E-state index contributed by atoms with van der Waals surface area (Å²) in [4.78, 5) is 2.32. The van der Waals surface area contributed by atoms with Crippen molar-refractivity contribution < 1.29 is 0 Å². The molecular weight excluding hydrogens is 462 g/mol. The van der Waals surface area contributed by atoms with Gasteiger partial charge in [0.05, 0.1) is 0 Å². The fourth-order valence-electron chi connectivity index (χ4n) is 4.32. The Kier molecular flexibility index (Phi) is 4.52. The van der Waals surface area contributed by atoms with E-state index in [4.69, 9.17) is 0 Å². The third-order valence-corrected chi connectivity index (χ3v) is 7.78. The summed E-state index contributed by atoms with van der Waals surface area (Å²) in [5.74, 6) is 0. The third-order valence-electron chi connectivity index (χ3n) is 5.69. The molecule has 6 aromatic rings. The Morgan fingerprint density at radius 3 is 1.94 bits per heavy atom. The van der Waals surface area contributed by atoms with Gasteiger partial charge in [0.15, 0.2) is 0 Å². The van der Waals surface area contributed by atoms with Crippen LogP contribution in [-0.2, 0) is 0 Å². The van der Waals surface area contributed by atoms with Crippen molar-refractivity contribution in [3.8, 4) is 0 Å². The first-order chi connectivity index (χ1) is 15.3. The molecule has 5 aromatic carbocycles. The lowest BCUT2D eigenvalue weighted by Gasteiger charge is -2.25. The van der Waals surface area contributed by atoms with E-state index in [-0.39, 0.29) is 0 Å². The van der Waals surface area contributed by atoms with Crippen molar-refractivity contribution in [1.82, 2.24) is 0 Å². The number of hydrogen-bond donors (Lipinski definition) is 0. The van der Waals surface area contributed by atoms with Crippen LogP contribution in [-0.4, -0.2) is 0 Å². The first kappa shape index (κ1) is 18.6. The van der Waals surface area contributed by atoms with Gasteiger partial charge in [-0.25, -0.2) is 0 Å². The van der Waals surface area contributed by atoms with Crippen LogP contribution in [0.2, 0.25) is 0 Å². The average Bonchev–Trinajstić information content (AvgIpc) is 3.21.